The minimum Gasteiger partial charge on any atom is -0.474 e. The van der Waals surface area contributed by atoms with E-state index in [1.807, 2.05) is 42.2 Å². The zero-order valence-corrected chi connectivity index (χ0v) is 23.6. The van der Waals surface area contributed by atoms with Crippen LogP contribution in [-0.2, 0) is 18.5 Å². The van der Waals surface area contributed by atoms with E-state index in [2.05, 4.69) is 40.4 Å². The molecule has 0 bridgehead atoms. The molecule has 3 N–H and O–H groups in total. The molecular weight excluding hydrogens is 516 g/mol. The van der Waals surface area contributed by atoms with Crippen molar-refractivity contribution in [3.8, 4) is 17.1 Å². The van der Waals surface area contributed by atoms with Gasteiger partial charge in [0.2, 0.25) is 11.8 Å². The lowest BCUT2D eigenvalue weighted by molar-refractivity contribution is 0.0807. The van der Waals surface area contributed by atoms with Crippen LogP contribution < -0.4 is 15.4 Å². The van der Waals surface area contributed by atoms with E-state index in [4.69, 9.17) is 24.5 Å². The third-order valence-corrected chi connectivity index (χ3v) is 8.22. The Balaban J connectivity index is 1.52. The van der Waals surface area contributed by atoms with E-state index in [9.17, 15) is 4.79 Å². The van der Waals surface area contributed by atoms with Crippen LogP contribution in [0.2, 0.25) is 25.7 Å². The number of fused-ring (bicyclic) bond motifs is 1. The Morgan fingerprint density at radius 2 is 2.03 bits per heavy atom. The molecular formula is C26H34N8O4Si. The second-order valence-corrected chi connectivity index (χ2v) is 16.6. The van der Waals surface area contributed by atoms with Gasteiger partial charge in [-0.15, -0.1) is 0 Å². The van der Waals surface area contributed by atoms with Gasteiger partial charge < -0.3 is 29.8 Å². The van der Waals surface area contributed by atoms with Crippen LogP contribution in [0.3, 0.4) is 0 Å². The van der Waals surface area contributed by atoms with E-state index < -0.39 is 14.2 Å². The smallest absolute Gasteiger partial charge is 0.404 e. The van der Waals surface area contributed by atoms with Crippen molar-refractivity contribution in [1.82, 2.24) is 34.6 Å². The number of nitrogens with zero attached hydrogens (tertiary/aromatic N) is 6. The molecule has 1 saturated carbocycles. The van der Waals surface area contributed by atoms with Crippen molar-refractivity contribution in [1.29, 1.82) is 0 Å². The average molecular weight is 551 g/mol. The highest BCUT2D eigenvalue weighted by Crippen LogP contribution is 2.38. The Bertz CT molecular complexity index is 1440. The molecule has 0 atom stereocenters. The van der Waals surface area contributed by atoms with Crippen molar-refractivity contribution in [3.63, 3.8) is 0 Å². The zero-order valence-electron chi connectivity index (χ0n) is 22.6. The number of ether oxygens (including phenoxy) is 2. The molecule has 0 saturated heterocycles. The predicted molar refractivity (Wildman–Crippen MR) is 150 cm³/mol. The van der Waals surface area contributed by atoms with Crippen LogP contribution in [0.1, 0.15) is 12.8 Å². The summed E-state index contributed by atoms with van der Waals surface area (Å²) in [5.41, 5.74) is 3.00. The van der Waals surface area contributed by atoms with E-state index >= 15 is 0 Å². The molecule has 0 aliphatic heterocycles. The van der Waals surface area contributed by atoms with Gasteiger partial charge in [-0.25, -0.2) is 4.79 Å². The number of pyridine rings is 1. The Morgan fingerprint density at radius 1 is 1.21 bits per heavy atom. The van der Waals surface area contributed by atoms with E-state index in [1.54, 1.807) is 17.1 Å². The number of aryl methyl sites for hydroxylation is 1. The second kappa shape index (κ2) is 11.0. The Kier molecular flexibility index (Phi) is 7.53. The van der Waals surface area contributed by atoms with Crippen molar-refractivity contribution in [2.45, 2.75) is 57.4 Å². The third kappa shape index (κ3) is 6.54. The number of amides is 1. The molecule has 0 aromatic carbocycles. The molecule has 1 aliphatic carbocycles. The van der Waals surface area contributed by atoms with Crippen molar-refractivity contribution in [2.75, 3.05) is 11.9 Å². The van der Waals surface area contributed by atoms with Gasteiger partial charge in [0.05, 0.1) is 23.0 Å². The molecule has 0 unspecified atom stereocenters. The van der Waals surface area contributed by atoms with Crippen LogP contribution in [0.25, 0.3) is 22.3 Å². The standard InChI is InChI=1S/C26H34N8O4Si/c1-33-14-18(13-28-33)29-25-31-23-22(24(32-25)38-19-11-17(12-19)30-26(35)36)20(21-7-5-6-8-27-21)15-34(23)16-37-9-10-39(2,3)4/h5-8,13-15,17,19,30H,9-12,16H2,1-4H3,(H,35,36)(H,29,31,32). The van der Waals surface area contributed by atoms with Crippen molar-refractivity contribution < 1.29 is 19.4 Å². The van der Waals surface area contributed by atoms with Crippen molar-refractivity contribution in [2.24, 2.45) is 7.05 Å². The van der Waals surface area contributed by atoms with E-state index in [0.29, 0.717) is 43.7 Å². The minimum atomic E-state index is -1.24. The van der Waals surface area contributed by atoms with Gasteiger partial charge in [-0.3, -0.25) is 9.67 Å². The molecule has 5 rings (SSSR count). The summed E-state index contributed by atoms with van der Waals surface area (Å²) in [7, 11) is 0.600. The summed E-state index contributed by atoms with van der Waals surface area (Å²) in [6.45, 7) is 7.97. The van der Waals surface area contributed by atoms with Crippen LogP contribution >= 0.6 is 0 Å². The lowest BCUT2D eigenvalue weighted by Gasteiger charge is -2.34. The van der Waals surface area contributed by atoms with Crippen LogP contribution in [0.5, 0.6) is 5.88 Å². The van der Waals surface area contributed by atoms with Crippen LogP contribution in [0.15, 0.2) is 43.0 Å². The Hall–Kier alpha value is -3.97. The summed E-state index contributed by atoms with van der Waals surface area (Å²) in [6.07, 6.45) is 7.16. The first kappa shape index (κ1) is 26.6. The van der Waals surface area contributed by atoms with Crippen LogP contribution in [-0.4, -0.2) is 67.3 Å². The monoisotopic (exact) mass is 550 g/mol. The first-order valence-corrected chi connectivity index (χ1v) is 16.7. The fourth-order valence-corrected chi connectivity index (χ4v) is 5.13. The fraction of sp³-hybridized carbons (Fsp3) is 0.423. The van der Waals surface area contributed by atoms with E-state index in [0.717, 1.165) is 28.4 Å². The second-order valence-electron chi connectivity index (χ2n) is 11.0. The normalized spacial score (nSPS) is 17.1. The number of carbonyl (C=O) groups is 1. The van der Waals surface area contributed by atoms with Crippen LogP contribution in [0.4, 0.5) is 16.4 Å². The molecule has 0 radical (unpaired) electrons. The number of hydrogen-bond acceptors (Lipinski definition) is 8. The van der Waals surface area contributed by atoms with E-state index in [-0.39, 0.29) is 12.1 Å². The number of rotatable bonds is 11. The average Bonchev–Trinajstić information content (AvgIpc) is 3.43. The van der Waals surface area contributed by atoms with Gasteiger partial charge in [-0.05, 0) is 18.2 Å². The highest BCUT2D eigenvalue weighted by molar-refractivity contribution is 6.76. The SMILES string of the molecule is Cn1cc(Nc2nc(OC3CC(NC(=O)O)C3)c3c(-c4ccccn4)cn(COCC[Si](C)(C)C)c3n2)cn1. The number of hydrogen-bond donors (Lipinski definition) is 3. The minimum absolute atomic E-state index is 0.141. The molecule has 0 spiro atoms. The summed E-state index contributed by atoms with van der Waals surface area (Å²) in [5.74, 6) is 0.769. The third-order valence-electron chi connectivity index (χ3n) is 6.51. The molecule has 1 amide bonds. The van der Waals surface area contributed by atoms with E-state index in [1.165, 1.54) is 0 Å². The molecule has 1 aliphatic rings. The van der Waals surface area contributed by atoms with Gasteiger partial charge in [-0.1, -0.05) is 25.7 Å². The largest absolute Gasteiger partial charge is 0.474 e. The molecule has 13 heteroatoms. The first-order valence-electron chi connectivity index (χ1n) is 13.0. The Morgan fingerprint density at radius 3 is 2.69 bits per heavy atom. The predicted octanol–water partition coefficient (Wildman–Crippen LogP) is 4.46. The summed E-state index contributed by atoms with van der Waals surface area (Å²) >= 11 is 0. The van der Waals surface area contributed by atoms with Gasteiger partial charge in [0.1, 0.15) is 12.8 Å². The molecule has 1 fully saturated rings. The van der Waals surface area contributed by atoms with Gasteiger partial charge in [0.15, 0.2) is 5.65 Å². The summed E-state index contributed by atoms with van der Waals surface area (Å²) in [5, 5.41) is 19.7. The maximum atomic E-state index is 11.0. The first-order chi connectivity index (χ1) is 18.6. The molecule has 4 aromatic rings. The van der Waals surface area contributed by atoms with Crippen molar-refractivity contribution in [3.05, 3.63) is 43.0 Å². The quantitative estimate of drug-likeness (QED) is 0.182. The lowest BCUT2D eigenvalue weighted by atomic mass is 9.89. The highest BCUT2D eigenvalue weighted by atomic mass is 28.3. The van der Waals surface area contributed by atoms with Gasteiger partial charge >= 0.3 is 6.09 Å². The number of nitrogens with one attached hydrogen (secondary N) is 2. The number of carboxylic acid groups (broad SMARTS) is 1. The van der Waals surface area contributed by atoms with Crippen molar-refractivity contribution >= 4 is 36.8 Å². The van der Waals surface area contributed by atoms with Gasteiger partial charge in [0, 0.05) is 64.8 Å². The maximum absolute atomic E-state index is 11.0. The maximum Gasteiger partial charge on any atom is 0.404 e. The van der Waals surface area contributed by atoms with Crippen LogP contribution in [0, 0.1) is 0 Å². The molecule has 4 aromatic heterocycles. The zero-order chi connectivity index (χ0) is 27.6. The lowest BCUT2D eigenvalue weighted by Crippen LogP contribution is -2.48. The Labute approximate surface area is 227 Å². The summed E-state index contributed by atoms with van der Waals surface area (Å²) in [4.78, 5) is 25.2. The molecule has 12 nitrogen and oxygen atoms in total. The molecule has 206 valence electrons. The molecule has 39 heavy (non-hydrogen) atoms. The topological polar surface area (TPSA) is 141 Å². The highest BCUT2D eigenvalue weighted by Gasteiger charge is 2.33. The fourth-order valence-electron chi connectivity index (χ4n) is 4.38. The number of anilines is 2. The number of aromatic nitrogens is 6. The molecule has 4 heterocycles. The summed E-state index contributed by atoms with van der Waals surface area (Å²) in [6, 6.07) is 6.66. The summed E-state index contributed by atoms with van der Waals surface area (Å²) < 4.78 is 16.1. The van der Waals surface area contributed by atoms with Gasteiger partial charge in [-0.2, -0.15) is 15.1 Å². The van der Waals surface area contributed by atoms with Gasteiger partial charge in [0.25, 0.3) is 0 Å².